The minimum absolute atomic E-state index is 0.00855. The zero-order valence-corrected chi connectivity index (χ0v) is 34.6. The molecule has 16 nitrogen and oxygen atoms in total. The first kappa shape index (κ1) is 44.7. The van der Waals surface area contributed by atoms with Crippen molar-refractivity contribution >= 4 is 43.4 Å². The number of methoxy groups -OCH3 is 2. The van der Waals surface area contributed by atoms with Gasteiger partial charge in [-0.25, -0.2) is 9.59 Å². The Labute approximate surface area is 322 Å². The number of nitrogens with zero attached hydrogens (tertiary/aromatic N) is 4. The van der Waals surface area contributed by atoms with Crippen molar-refractivity contribution in [3.8, 4) is 0 Å². The van der Waals surface area contributed by atoms with Crippen molar-refractivity contribution in [2.45, 2.75) is 117 Å². The first-order valence-corrected chi connectivity index (χ1v) is 21.0. The number of carbonyl (C=O) groups is 4. The van der Waals surface area contributed by atoms with Crippen LogP contribution < -0.4 is 0 Å². The van der Waals surface area contributed by atoms with Gasteiger partial charge in [0.2, 0.25) is 0 Å². The molecule has 0 aromatic heterocycles. The summed E-state index contributed by atoms with van der Waals surface area (Å²) >= 11 is 0. The van der Waals surface area contributed by atoms with Crippen molar-refractivity contribution in [3.05, 3.63) is 77.9 Å². The fraction of sp³-hybridized carbons (Fsp3) is 0.579. The SMILES string of the molecule is COC(=O)[C@@H]1C[C@H](O)CCN1C(=O)c1cc(C)c(C)cc1[N+](=O)[O-].COC(=O)[C@@H]1C[C@H](O[Si](C)(C)C(C)(C)C)CCN1C(=O)c1cc(C)c(C)cc1[N+](=O)[O-]. The fourth-order valence-corrected chi connectivity index (χ4v) is 7.74. The summed E-state index contributed by atoms with van der Waals surface area (Å²) < 4.78 is 16.1. The second-order valence-corrected chi connectivity index (χ2v) is 20.5. The fourth-order valence-electron chi connectivity index (χ4n) is 6.34. The Balaban J connectivity index is 0.000000305. The van der Waals surface area contributed by atoms with E-state index in [4.69, 9.17) is 13.9 Å². The van der Waals surface area contributed by atoms with Gasteiger partial charge in [0.15, 0.2) is 8.32 Å². The Bertz CT molecular complexity index is 1830. The van der Waals surface area contributed by atoms with E-state index in [2.05, 4.69) is 33.9 Å². The molecule has 0 aliphatic carbocycles. The lowest BCUT2D eigenvalue weighted by Gasteiger charge is -2.44. The van der Waals surface area contributed by atoms with Crippen LogP contribution in [-0.2, 0) is 23.5 Å². The Morgan fingerprint density at radius 1 is 0.727 bits per heavy atom. The van der Waals surface area contributed by atoms with Gasteiger partial charge < -0.3 is 28.8 Å². The number of ether oxygens (including phenoxy) is 2. The van der Waals surface area contributed by atoms with Crippen LogP contribution in [0.5, 0.6) is 0 Å². The number of benzene rings is 2. The van der Waals surface area contributed by atoms with Crippen LogP contribution in [0.15, 0.2) is 24.3 Å². The molecule has 2 aliphatic heterocycles. The topological polar surface area (TPSA) is 209 Å². The molecule has 302 valence electrons. The third kappa shape index (κ3) is 10.3. The van der Waals surface area contributed by atoms with Crippen molar-refractivity contribution < 1.29 is 48.0 Å². The summed E-state index contributed by atoms with van der Waals surface area (Å²) in [6.07, 6.45) is 0.333. The third-order valence-electron chi connectivity index (χ3n) is 10.9. The smallest absolute Gasteiger partial charge is 0.328 e. The van der Waals surface area contributed by atoms with Crippen LogP contribution in [0.2, 0.25) is 18.1 Å². The molecule has 0 radical (unpaired) electrons. The largest absolute Gasteiger partial charge is 0.467 e. The van der Waals surface area contributed by atoms with Crippen LogP contribution in [0.3, 0.4) is 0 Å². The zero-order chi connectivity index (χ0) is 41.7. The Morgan fingerprint density at radius 2 is 1.11 bits per heavy atom. The van der Waals surface area contributed by atoms with E-state index in [-0.39, 0.29) is 53.2 Å². The predicted octanol–water partition coefficient (Wildman–Crippen LogP) is 5.73. The summed E-state index contributed by atoms with van der Waals surface area (Å²) in [5.74, 6) is -2.32. The van der Waals surface area contributed by atoms with Gasteiger partial charge in [-0.1, -0.05) is 20.8 Å². The first-order chi connectivity index (χ1) is 25.4. The van der Waals surface area contributed by atoms with E-state index in [0.717, 1.165) is 16.7 Å². The number of hydrogen-bond acceptors (Lipinski definition) is 12. The molecule has 2 fully saturated rings. The Morgan fingerprint density at radius 3 is 1.49 bits per heavy atom. The van der Waals surface area contributed by atoms with E-state index in [0.29, 0.717) is 24.8 Å². The monoisotopic (exact) mass is 786 g/mol. The Kier molecular flexibility index (Phi) is 14.5. The molecule has 1 N–H and O–H groups in total. The van der Waals surface area contributed by atoms with Crippen molar-refractivity contribution in [2.75, 3.05) is 27.3 Å². The van der Waals surface area contributed by atoms with Gasteiger partial charge >= 0.3 is 11.9 Å². The highest BCUT2D eigenvalue weighted by Crippen LogP contribution is 2.39. The summed E-state index contributed by atoms with van der Waals surface area (Å²) in [7, 11) is 0.416. The second kappa shape index (κ2) is 17.8. The molecule has 0 saturated carbocycles. The lowest BCUT2D eigenvalue weighted by Crippen LogP contribution is -2.54. The standard InChI is InChI=1S/C22H34N2O6Si.C16H20N2O6/c1-14-11-17(18(24(27)28)12-15(14)2)20(25)23-10-9-16(13-19(23)21(26)29-6)30-31(7,8)22(3,4)5;1-9-6-12(13(18(22)23)7-10(9)2)15(20)17-5-4-11(19)8-14(17)16(21)24-3/h11-12,16,19H,9-10,13H2,1-8H3;6-7,11,14,19H,4-5,8H2,1-3H3/t16-,19+;11-,14+/m11/s1. The minimum Gasteiger partial charge on any atom is -0.467 e. The van der Waals surface area contributed by atoms with Crippen molar-refractivity contribution in [1.29, 1.82) is 0 Å². The summed E-state index contributed by atoms with van der Waals surface area (Å²) in [5, 5.41) is 32.7. The lowest BCUT2D eigenvalue weighted by atomic mass is 9.97. The van der Waals surface area contributed by atoms with Gasteiger partial charge in [-0.2, -0.15) is 0 Å². The molecule has 17 heteroatoms. The van der Waals surface area contributed by atoms with E-state index in [1.54, 1.807) is 27.7 Å². The molecule has 0 bridgehead atoms. The van der Waals surface area contributed by atoms with Crippen molar-refractivity contribution in [1.82, 2.24) is 9.80 Å². The lowest BCUT2D eigenvalue weighted by molar-refractivity contribution is -0.385. The molecular formula is C38H54N4O12Si. The minimum atomic E-state index is -2.06. The number of nitro benzene ring substituents is 2. The molecule has 55 heavy (non-hydrogen) atoms. The van der Waals surface area contributed by atoms with Gasteiger partial charge in [0.05, 0.1) is 30.2 Å². The number of aryl methyl sites for hydroxylation is 4. The number of nitro groups is 2. The van der Waals surface area contributed by atoms with Gasteiger partial charge in [-0.05, 0) is 93.1 Å². The third-order valence-corrected chi connectivity index (χ3v) is 15.5. The first-order valence-electron chi connectivity index (χ1n) is 18.1. The zero-order valence-electron chi connectivity index (χ0n) is 33.6. The maximum atomic E-state index is 13.4. The summed E-state index contributed by atoms with van der Waals surface area (Å²) in [6.45, 7) is 18.2. The average Bonchev–Trinajstić information content (AvgIpc) is 3.11. The van der Waals surface area contributed by atoms with Gasteiger partial charge in [-0.15, -0.1) is 0 Å². The molecule has 2 aromatic rings. The molecule has 0 spiro atoms. The highest BCUT2D eigenvalue weighted by molar-refractivity contribution is 6.74. The van der Waals surface area contributed by atoms with E-state index in [9.17, 15) is 44.5 Å². The molecule has 2 heterocycles. The van der Waals surface area contributed by atoms with Crippen molar-refractivity contribution in [3.63, 3.8) is 0 Å². The molecule has 0 unspecified atom stereocenters. The van der Waals surface area contributed by atoms with E-state index in [1.807, 2.05) is 0 Å². The van der Waals surface area contributed by atoms with Crippen LogP contribution in [-0.4, -0.2) is 108 Å². The number of aliphatic hydroxyl groups excluding tert-OH is 1. The van der Waals surface area contributed by atoms with E-state index in [1.165, 1.54) is 48.3 Å². The molecule has 2 amide bonds. The number of piperidine rings is 2. The van der Waals surface area contributed by atoms with Crippen LogP contribution in [0.4, 0.5) is 11.4 Å². The van der Waals surface area contributed by atoms with Crippen LogP contribution in [0.25, 0.3) is 0 Å². The van der Waals surface area contributed by atoms with E-state index >= 15 is 0 Å². The quantitative estimate of drug-likeness (QED) is 0.147. The van der Waals surface area contributed by atoms with Gasteiger partial charge in [0, 0.05) is 44.2 Å². The number of amides is 2. The van der Waals surface area contributed by atoms with Crippen LogP contribution in [0.1, 0.15) is 89.4 Å². The van der Waals surface area contributed by atoms with Crippen LogP contribution >= 0.6 is 0 Å². The number of carbonyl (C=O) groups excluding carboxylic acids is 4. The molecule has 2 saturated heterocycles. The highest BCUT2D eigenvalue weighted by atomic mass is 28.4. The van der Waals surface area contributed by atoms with Crippen LogP contribution in [0, 0.1) is 47.9 Å². The van der Waals surface area contributed by atoms with Gasteiger partial charge in [0.25, 0.3) is 23.2 Å². The maximum Gasteiger partial charge on any atom is 0.328 e. The van der Waals surface area contributed by atoms with Gasteiger partial charge in [-0.3, -0.25) is 29.8 Å². The van der Waals surface area contributed by atoms with Gasteiger partial charge in [0.1, 0.15) is 23.2 Å². The molecule has 4 rings (SSSR count). The van der Waals surface area contributed by atoms with Crippen molar-refractivity contribution in [2.24, 2.45) is 0 Å². The summed E-state index contributed by atoms with van der Waals surface area (Å²) in [6, 6.07) is 3.96. The number of esters is 2. The summed E-state index contributed by atoms with van der Waals surface area (Å²) in [4.78, 5) is 75.1. The molecule has 4 atom stereocenters. The predicted molar refractivity (Wildman–Crippen MR) is 205 cm³/mol. The normalized spacial score (nSPS) is 20.1. The Hall–Kier alpha value is -4.74. The number of aliphatic hydroxyl groups is 1. The molecule has 2 aliphatic rings. The number of rotatable bonds is 8. The second-order valence-electron chi connectivity index (χ2n) is 15.7. The summed E-state index contributed by atoms with van der Waals surface area (Å²) in [5.41, 5.74) is 2.34. The number of likely N-dealkylation sites (tertiary alicyclic amines) is 2. The number of hydrogen-bond donors (Lipinski definition) is 1. The average molecular weight is 787 g/mol. The molecular weight excluding hydrogens is 733 g/mol. The van der Waals surface area contributed by atoms with E-state index < -0.39 is 60.1 Å². The molecule has 2 aromatic carbocycles. The maximum absolute atomic E-state index is 13.4. The highest BCUT2D eigenvalue weighted by Gasteiger charge is 2.44.